The fourth-order valence-corrected chi connectivity index (χ4v) is 2.59. The Labute approximate surface area is 85.3 Å². The number of hydrogen-bond donors (Lipinski definition) is 3. The molecule has 1 saturated carbocycles. The molecular weight excluding hydrogens is 201 g/mol. The van der Waals surface area contributed by atoms with Gasteiger partial charge in [-0.25, -0.2) is 0 Å². The van der Waals surface area contributed by atoms with Crippen molar-refractivity contribution in [3.05, 3.63) is 0 Å². The van der Waals surface area contributed by atoms with Crippen LogP contribution in [-0.4, -0.2) is 22.1 Å². The lowest BCUT2D eigenvalue weighted by Gasteiger charge is -2.28. The van der Waals surface area contributed by atoms with Crippen molar-refractivity contribution in [1.29, 1.82) is 0 Å². The Morgan fingerprint density at radius 3 is 2.43 bits per heavy atom. The van der Waals surface area contributed by atoms with Crippen LogP contribution in [0.15, 0.2) is 0 Å². The van der Waals surface area contributed by atoms with Crippen molar-refractivity contribution in [2.45, 2.75) is 45.1 Å². The molecule has 0 aromatic rings. The van der Waals surface area contributed by atoms with Gasteiger partial charge in [-0.1, -0.05) is 19.3 Å². The Hall–Kier alpha value is 0.110. The van der Waals surface area contributed by atoms with Gasteiger partial charge in [0, 0.05) is 6.04 Å². The molecule has 0 heterocycles. The van der Waals surface area contributed by atoms with Gasteiger partial charge < -0.3 is 15.1 Å². The zero-order valence-corrected chi connectivity index (χ0v) is 9.54. The molecule has 0 radical (unpaired) electrons. The van der Waals surface area contributed by atoms with Crippen LogP contribution in [-0.2, 0) is 4.57 Å². The molecular formula is C9H20NO3P. The molecule has 1 atom stereocenters. The van der Waals surface area contributed by atoms with Crippen LogP contribution in [0.5, 0.6) is 0 Å². The molecule has 1 fully saturated rings. The lowest BCUT2D eigenvalue weighted by atomic mass is 9.85. The highest BCUT2D eigenvalue weighted by Crippen LogP contribution is 2.33. The minimum atomic E-state index is -3.88. The average Bonchev–Trinajstić information content (AvgIpc) is 2.14. The third-order valence-electron chi connectivity index (χ3n) is 2.98. The number of nitrogens with one attached hydrogen (secondary N) is 1. The first-order valence-electron chi connectivity index (χ1n) is 5.27. The van der Waals surface area contributed by atoms with Crippen molar-refractivity contribution >= 4 is 7.60 Å². The molecule has 0 saturated heterocycles. The second-order valence-corrected chi connectivity index (χ2v) is 5.86. The summed E-state index contributed by atoms with van der Waals surface area (Å²) in [5.41, 5.74) is 0. The first kappa shape index (κ1) is 12.2. The molecule has 84 valence electrons. The van der Waals surface area contributed by atoms with E-state index in [9.17, 15) is 4.57 Å². The highest BCUT2D eigenvalue weighted by Gasteiger charge is 2.22. The van der Waals surface area contributed by atoms with Gasteiger partial charge in [0.1, 0.15) is 0 Å². The largest absolute Gasteiger partial charge is 0.339 e. The summed E-state index contributed by atoms with van der Waals surface area (Å²) < 4.78 is 10.7. The third kappa shape index (κ3) is 4.56. The SMILES string of the molecule is C[C@@H](NCP(=O)(O)O)C1CCCCC1. The second kappa shape index (κ2) is 5.26. The van der Waals surface area contributed by atoms with E-state index in [2.05, 4.69) is 5.32 Å². The molecule has 0 bridgehead atoms. The summed E-state index contributed by atoms with van der Waals surface area (Å²) in [5.74, 6) is 0.593. The van der Waals surface area contributed by atoms with Crippen LogP contribution in [0.2, 0.25) is 0 Å². The van der Waals surface area contributed by atoms with Crippen LogP contribution in [0.25, 0.3) is 0 Å². The Bertz CT molecular complexity index is 210. The van der Waals surface area contributed by atoms with Gasteiger partial charge in [0.25, 0.3) is 0 Å². The third-order valence-corrected chi connectivity index (χ3v) is 3.57. The van der Waals surface area contributed by atoms with Gasteiger partial charge >= 0.3 is 7.60 Å². The normalized spacial score (nSPS) is 22.2. The van der Waals surface area contributed by atoms with Crippen molar-refractivity contribution in [3.8, 4) is 0 Å². The smallest absolute Gasteiger partial charge is 0.324 e. The molecule has 0 spiro atoms. The molecule has 4 nitrogen and oxygen atoms in total. The van der Waals surface area contributed by atoms with Crippen molar-refractivity contribution in [3.63, 3.8) is 0 Å². The summed E-state index contributed by atoms with van der Waals surface area (Å²) in [6, 6.07) is 0.225. The van der Waals surface area contributed by atoms with Gasteiger partial charge in [-0.2, -0.15) is 0 Å². The summed E-state index contributed by atoms with van der Waals surface area (Å²) in [6.45, 7) is 2.02. The topological polar surface area (TPSA) is 69.6 Å². The zero-order valence-electron chi connectivity index (χ0n) is 8.65. The van der Waals surface area contributed by atoms with E-state index in [0.29, 0.717) is 5.92 Å². The van der Waals surface area contributed by atoms with E-state index in [1.165, 1.54) is 32.1 Å². The zero-order chi connectivity index (χ0) is 10.6. The number of rotatable bonds is 4. The quantitative estimate of drug-likeness (QED) is 0.632. The molecule has 0 aromatic carbocycles. The molecule has 14 heavy (non-hydrogen) atoms. The molecule has 1 aliphatic rings. The van der Waals surface area contributed by atoms with Crippen LogP contribution >= 0.6 is 7.60 Å². The van der Waals surface area contributed by atoms with Crippen LogP contribution in [0.4, 0.5) is 0 Å². The fourth-order valence-electron chi connectivity index (χ4n) is 2.06. The Kier molecular flexibility index (Phi) is 4.58. The summed E-state index contributed by atoms with van der Waals surface area (Å²) in [5, 5.41) is 2.93. The van der Waals surface area contributed by atoms with Gasteiger partial charge in [0.2, 0.25) is 0 Å². The maximum Gasteiger partial charge on any atom is 0.339 e. The van der Waals surface area contributed by atoms with Crippen molar-refractivity contribution in [2.75, 3.05) is 6.29 Å². The minimum absolute atomic E-state index is 0.190. The van der Waals surface area contributed by atoms with E-state index in [1.807, 2.05) is 6.92 Å². The highest BCUT2D eigenvalue weighted by atomic mass is 31.2. The van der Waals surface area contributed by atoms with E-state index in [0.717, 1.165) is 0 Å². The lowest BCUT2D eigenvalue weighted by Crippen LogP contribution is -2.35. The molecule has 0 amide bonds. The standard InChI is InChI=1S/C9H20NO3P/c1-8(10-7-14(11,12)13)9-5-3-2-4-6-9/h8-10H,2-7H2,1H3,(H2,11,12,13)/t8-/m1/s1. The first-order valence-corrected chi connectivity index (χ1v) is 7.07. The van der Waals surface area contributed by atoms with Crippen molar-refractivity contribution in [2.24, 2.45) is 5.92 Å². The van der Waals surface area contributed by atoms with E-state index in [1.54, 1.807) is 0 Å². The first-order chi connectivity index (χ1) is 6.49. The van der Waals surface area contributed by atoms with Gasteiger partial charge in [0.15, 0.2) is 0 Å². The van der Waals surface area contributed by atoms with E-state index < -0.39 is 7.60 Å². The minimum Gasteiger partial charge on any atom is -0.324 e. The summed E-state index contributed by atoms with van der Waals surface area (Å²) in [4.78, 5) is 17.4. The number of hydrogen-bond acceptors (Lipinski definition) is 2. The molecule has 0 aromatic heterocycles. The summed E-state index contributed by atoms with van der Waals surface area (Å²) in [6.07, 6.45) is 6.01. The molecule has 3 N–H and O–H groups in total. The Balaban J connectivity index is 2.26. The maximum absolute atomic E-state index is 10.7. The fraction of sp³-hybridized carbons (Fsp3) is 1.00. The van der Waals surface area contributed by atoms with E-state index >= 15 is 0 Å². The Morgan fingerprint density at radius 2 is 1.93 bits per heavy atom. The predicted octanol–water partition coefficient (Wildman–Crippen LogP) is 1.68. The van der Waals surface area contributed by atoms with Gasteiger partial charge in [-0.05, 0) is 25.7 Å². The van der Waals surface area contributed by atoms with Crippen molar-refractivity contribution < 1.29 is 14.4 Å². The van der Waals surface area contributed by atoms with Gasteiger partial charge in [-0.15, -0.1) is 0 Å². The van der Waals surface area contributed by atoms with Gasteiger partial charge in [-0.3, -0.25) is 4.57 Å². The summed E-state index contributed by atoms with van der Waals surface area (Å²) in [7, 11) is -3.88. The predicted molar refractivity (Wildman–Crippen MR) is 56.1 cm³/mol. The van der Waals surface area contributed by atoms with Crippen LogP contribution < -0.4 is 5.32 Å². The molecule has 1 aliphatic carbocycles. The average molecular weight is 221 g/mol. The second-order valence-electron chi connectivity index (χ2n) is 4.21. The van der Waals surface area contributed by atoms with Crippen LogP contribution in [0.3, 0.4) is 0 Å². The van der Waals surface area contributed by atoms with Crippen molar-refractivity contribution in [1.82, 2.24) is 5.32 Å². The Morgan fingerprint density at radius 1 is 1.36 bits per heavy atom. The molecule has 0 unspecified atom stereocenters. The summed E-state index contributed by atoms with van der Waals surface area (Å²) >= 11 is 0. The maximum atomic E-state index is 10.7. The molecule has 0 aliphatic heterocycles. The highest BCUT2D eigenvalue weighted by molar-refractivity contribution is 7.51. The van der Waals surface area contributed by atoms with Crippen LogP contribution in [0.1, 0.15) is 39.0 Å². The molecule has 1 rings (SSSR count). The van der Waals surface area contributed by atoms with Crippen LogP contribution in [0, 0.1) is 5.92 Å². The van der Waals surface area contributed by atoms with E-state index in [4.69, 9.17) is 9.79 Å². The monoisotopic (exact) mass is 221 g/mol. The van der Waals surface area contributed by atoms with Gasteiger partial charge in [0.05, 0.1) is 6.29 Å². The van der Waals surface area contributed by atoms with E-state index in [-0.39, 0.29) is 12.3 Å². The lowest BCUT2D eigenvalue weighted by molar-refractivity contribution is 0.282. The molecule has 5 heteroatoms.